The SMILES string of the molecule is CCn1c(-c2cc(N3CCN(c4cccc(COC=O)c4)CC3)cnc2[C@H](C)OC)c(CC(C)(C)COC(C)=O)c2cc([C@@H]3C[C@H]3CC[C@H](N)C(=O)O)ccc21. The van der Waals surface area contributed by atoms with Gasteiger partial charge in [-0.2, -0.15) is 0 Å². The molecule has 0 amide bonds. The van der Waals surface area contributed by atoms with E-state index in [2.05, 4.69) is 71.5 Å². The van der Waals surface area contributed by atoms with Crippen LogP contribution in [-0.2, 0) is 48.2 Å². The van der Waals surface area contributed by atoms with Crippen LogP contribution in [0, 0.1) is 11.3 Å². The number of carbonyl (C=O) groups excluding carboxylic acids is 2. The van der Waals surface area contributed by atoms with Crippen molar-refractivity contribution in [1.29, 1.82) is 0 Å². The number of carboxylic acids is 1. The molecule has 4 atom stereocenters. The molecule has 0 radical (unpaired) electrons. The van der Waals surface area contributed by atoms with E-state index in [0.29, 0.717) is 31.1 Å². The molecule has 2 aromatic heterocycles. The molecule has 1 aliphatic heterocycles. The van der Waals surface area contributed by atoms with E-state index in [-0.39, 0.29) is 30.7 Å². The number of aryl methyl sites for hydroxylation is 1. The largest absolute Gasteiger partial charge is 0.480 e. The molecule has 1 aliphatic carbocycles. The van der Waals surface area contributed by atoms with Gasteiger partial charge in [-0.1, -0.05) is 32.0 Å². The van der Waals surface area contributed by atoms with Crippen LogP contribution in [0.5, 0.6) is 0 Å². The number of ether oxygens (including phenoxy) is 3. The van der Waals surface area contributed by atoms with E-state index in [1.54, 1.807) is 7.11 Å². The number of aromatic nitrogens is 2. The average Bonchev–Trinajstić information content (AvgIpc) is 3.92. The number of fused-ring (bicyclic) bond motifs is 1. The quantitative estimate of drug-likeness (QED) is 0.0808. The molecule has 12 heteroatoms. The van der Waals surface area contributed by atoms with Gasteiger partial charge in [0.05, 0.1) is 36.0 Å². The normalized spacial score (nSPS) is 18.1. The first-order valence-electron chi connectivity index (χ1n) is 19.8. The van der Waals surface area contributed by atoms with E-state index >= 15 is 0 Å². The molecule has 0 bridgehead atoms. The fourth-order valence-electron chi connectivity index (χ4n) is 8.26. The summed E-state index contributed by atoms with van der Waals surface area (Å²) in [7, 11) is 1.71. The third-order valence-corrected chi connectivity index (χ3v) is 11.5. The van der Waals surface area contributed by atoms with Gasteiger partial charge < -0.3 is 39.4 Å². The van der Waals surface area contributed by atoms with Crippen LogP contribution in [0.15, 0.2) is 54.7 Å². The van der Waals surface area contributed by atoms with Crippen LogP contribution in [0.25, 0.3) is 22.2 Å². The van der Waals surface area contributed by atoms with Crippen LogP contribution in [-0.4, -0.2) is 79.0 Å². The molecule has 2 aliphatic rings. The number of piperazine rings is 1. The molecule has 300 valence electrons. The standard InChI is InChI=1S/C44H57N5O7/c1-7-49-40-14-12-32(35-20-31(35)11-13-39(45)43(52)53)21-36(40)38(23-44(4,5)26-56-29(3)51)42(49)37-22-34(24-46-41(37)28(2)54-6)48-17-15-47(16-18-48)33-10-8-9-30(19-33)25-55-27-50/h8-10,12,14,19,21-22,24,27-28,31,35,39H,7,11,13,15-18,20,23,25-26,45H2,1-6H3,(H,52,53)/t28-,31+,35+,39-/m0/s1. The predicted molar refractivity (Wildman–Crippen MR) is 218 cm³/mol. The highest BCUT2D eigenvalue weighted by atomic mass is 16.5. The van der Waals surface area contributed by atoms with E-state index in [1.807, 2.05) is 25.3 Å². The summed E-state index contributed by atoms with van der Waals surface area (Å²) in [6.45, 7) is 14.9. The lowest BCUT2D eigenvalue weighted by Gasteiger charge is -2.37. The van der Waals surface area contributed by atoms with Crippen molar-refractivity contribution in [3.8, 4) is 11.3 Å². The van der Waals surface area contributed by atoms with Gasteiger partial charge in [0.25, 0.3) is 6.47 Å². The third-order valence-electron chi connectivity index (χ3n) is 11.5. The lowest BCUT2D eigenvalue weighted by Crippen LogP contribution is -2.46. The molecule has 2 aromatic carbocycles. The number of carboxylic acid groups (broad SMARTS) is 1. The number of hydrogen-bond acceptors (Lipinski definition) is 10. The smallest absolute Gasteiger partial charge is 0.320 e. The van der Waals surface area contributed by atoms with Crippen LogP contribution in [0.4, 0.5) is 11.4 Å². The summed E-state index contributed by atoms with van der Waals surface area (Å²) in [5.41, 5.74) is 15.1. The highest BCUT2D eigenvalue weighted by molar-refractivity contribution is 5.93. The molecule has 1 saturated heterocycles. The van der Waals surface area contributed by atoms with E-state index in [0.717, 1.165) is 85.0 Å². The number of pyridine rings is 1. The molecule has 0 unspecified atom stereocenters. The number of benzene rings is 2. The Morgan fingerprint density at radius 3 is 2.46 bits per heavy atom. The Kier molecular flexibility index (Phi) is 12.7. The maximum Gasteiger partial charge on any atom is 0.320 e. The maximum absolute atomic E-state index is 12.0. The van der Waals surface area contributed by atoms with E-state index < -0.39 is 12.0 Å². The third kappa shape index (κ3) is 9.19. The van der Waals surface area contributed by atoms with Crippen molar-refractivity contribution in [3.05, 3.63) is 77.1 Å². The van der Waals surface area contributed by atoms with Crippen LogP contribution in [0.2, 0.25) is 0 Å². The van der Waals surface area contributed by atoms with Gasteiger partial charge in [-0.25, -0.2) is 0 Å². The molecule has 1 saturated carbocycles. The molecule has 4 aromatic rings. The zero-order valence-corrected chi connectivity index (χ0v) is 33.6. The van der Waals surface area contributed by atoms with E-state index in [1.165, 1.54) is 23.4 Å². The van der Waals surface area contributed by atoms with Gasteiger partial charge in [-0.15, -0.1) is 0 Å². The van der Waals surface area contributed by atoms with Gasteiger partial charge in [-0.05, 0) is 98.4 Å². The van der Waals surface area contributed by atoms with Crippen molar-refractivity contribution in [2.24, 2.45) is 17.1 Å². The first kappa shape index (κ1) is 40.7. The number of nitrogens with two attached hydrogens (primary N) is 1. The fraction of sp³-hybridized carbons (Fsp3) is 0.500. The Labute approximate surface area is 329 Å². The second-order valence-corrected chi connectivity index (χ2v) is 16.1. The number of carbonyl (C=O) groups is 3. The minimum absolute atomic E-state index is 0.252. The Morgan fingerprint density at radius 1 is 1.07 bits per heavy atom. The van der Waals surface area contributed by atoms with Crippen LogP contribution < -0.4 is 15.5 Å². The second-order valence-electron chi connectivity index (χ2n) is 16.1. The predicted octanol–water partition coefficient (Wildman–Crippen LogP) is 6.86. The summed E-state index contributed by atoms with van der Waals surface area (Å²) in [6, 6.07) is 16.4. The summed E-state index contributed by atoms with van der Waals surface area (Å²) in [6.07, 6.45) is 4.62. The van der Waals surface area contributed by atoms with Crippen LogP contribution >= 0.6 is 0 Å². The zero-order chi connectivity index (χ0) is 40.1. The Bertz CT molecular complexity index is 2040. The molecule has 0 spiro atoms. The molecule has 6 rings (SSSR count). The summed E-state index contributed by atoms with van der Waals surface area (Å²) in [5, 5.41) is 10.5. The first-order valence-corrected chi connectivity index (χ1v) is 19.8. The van der Waals surface area contributed by atoms with Crippen LogP contribution in [0.3, 0.4) is 0 Å². The number of aliphatic carboxylic acids is 1. The molecular weight excluding hydrogens is 711 g/mol. The highest BCUT2D eigenvalue weighted by Gasteiger charge is 2.39. The van der Waals surface area contributed by atoms with E-state index in [9.17, 15) is 19.5 Å². The second kappa shape index (κ2) is 17.5. The molecule has 56 heavy (non-hydrogen) atoms. The summed E-state index contributed by atoms with van der Waals surface area (Å²) in [5.74, 6) is -0.487. The first-order chi connectivity index (χ1) is 26.8. The Morgan fingerprint density at radius 2 is 1.80 bits per heavy atom. The van der Waals surface area contributed by atoms with Crippen LogP contribution in [0.1, 0.15) is 88.3 Å². The lowest BCUT2D eigenvalue weighted by molar-refractivity contribution is -0.144. The molecular formula is C44H57N5O7. The summed E-state index contributed by atoms with van der Waals surface area (Å²) < 4.78 is 18.9. The summed E-state index contributed by atoms with van der Waals surface area (Å²) in [4.78, 5) is 43.9. The minimum Gasteiger partial charge on any atom is -0.480 e. The van der Waals surface area contributed by atoms with Gasteiger partial charge in [0.2, 0.25) is 0 Å². The Hall–Kier alpha value is -4.94. The molecule has 12 nitrogen and oxygen atoms in total. The minimum atomic E-state index is -0.953. The molecule has 3 heterocycles. The number of methoxy groups -OCH3 is 1. The highest BCUT2D eigenvalue weighted by Crippen LogP contribution is 2.51. The fourth-order valence-corrected chi connectivity index (χ4v) is 8.26. The van der Waals surface area contributed by atoms with E-state index in [4.69, 9.17) is 24.9 Å². The van der Waals surface area contributed by atoms with Crippen molar-refractivity contribution in [2.45, 2.75) is 91.5 Å². The monoisotopic (exact) mass is 767 g/mol. The number of hydrogen-bond donors (Lipinski definition) is 2. The van der Waals surface area contributed by atoms with Gasteiger partial charge >= 0.3 is 11.9 Å². The van der Waals surface area contributed by atoms with Gasteiger partial charge in [0.1, 0.15) is 12.6 Å². The molecule has 2 fully saturated rings. The van der Waals surface area contributed by atoms with Crippen molar-refractivity contribution < 1.29 is 33.7 Å². The number of rotatable bonds is 18. The van der Waals surface area contributed by atoms with Crippen molar-refractivity contribution >= 4 is 40.7 Å². The summed E-state index contributed by atoms with van der Waals surface area (Å²) >= 11 is 0. The van der Waals surface area contributed by atoms with Crippen molar-refractivity contribution in [2.75, 3.05) is 49.7 Å². The average molecular weight is 768 g/mol. The van der Waals surface area contributed by atoms with Crippen molar-refractivity contribution in [1.82, 2.24) is 9.55 Å². The van der Waals surface area contributed by atoms with Crippen molar-refractivity contribution in [3.63, 3.8) is 0 Å². The topological polar surface area (TPSA) is 149 Å². The Balaban J connectivity index is 1.38. The lowest BCUT2D eigenvalue weighted by atomic mass is 9.84. The van der Waals surface area contributed by atoms with Gasteiger partial charge in [0.15, 0.2) is 0 Å². The van der Waals surface area contributed by atoms with Gasteiger partial charge in [-0.3, -0.25) is 19.4 Å². The van der Waals surface area contributed by atoms with Gasteiger partial charge in [0, 0.05) is 74.3 Å². The zero-order valence-electron chi connectivity index (χ0n) is 33.6. The molecule has 3 N–H and O–H groups in total. The number of anilines is 2. The number of nitrogens with zero attached hydrogens (tertiary/aromatic N) is 4. The number of esters is 1. The maximum atomic E-state index is 12.0.